The van der Waals surface area contributed by atoms with Crippen molar-refractivity contribution in [1.82, 2.24) is 0 Å². The Hall–Kier alpha value is -0.0551. The molecule has 2 fully saturated rings. The Morgan fingerprint density at radius 3 is 3.00 bits per heavy atom. The fraction of sp³-hybridized carbons (Fsp3) is 1.00. The van der Waals surface area contributed by atoms with E-state index in [4.69, 9.17) is 22.1 Å². The van der Waals surface area contributed by atoms with E-state index in [0.29, 0.717) is 13.2 Å². The second-order valence-electron chi connectivity index (χ2n) is 3.25. The highest BCUT2D eigenvalue weighted by molar-refractivity contribution is 6.11. The molecule has 2 radical (unpaired) electrons. The van der Waals surface area contributed by atoms with Crippen LogP contribution in [-0.2, 0) is 14.2 Å². The molecule has 0 aromatic heterocycles. The predicted octanol–water partition coefficient (Wildman–Crippen LogP) is -0.315. The van der Waals surface area contributed by atoms with Gasteiger partial charge in [-0.15, -0.1) is 0 Å². The molecule has 0 aromatic carbocycles. The number of ether oxygens (including phenoxy) is 3. The van der Waals surface area contributed by atoms with E-state index in [0.717, 1.165) is 6.42 Å². The summed E-state index contributed by atoms with van der Waals surface area (Å²) in [5.41, 5.74) is -0.237. The molecular weight excluding hydrogens is 143 g/mol. The van der Waals surface area contributed by atoms with Crippen molar-refractivity contribution in [3.63, 3.8) is 0 Å². The van der Waals surface area contributed by atoms with E-state index in [9.17, 15) is 0 Å². The number of fused-ring (bicyclic) bond motifs is 2. The number of rotatable bonds is 2. The minimum atomic E-state index is -0.251. The molecule has 2 rings (SSSR count). The van der Waals surface area contributed by atoms with Crippen LogP contribution in [0.25, 0.3) is 0 Å². The maximum Gasteiger partial charge on any atom is 0.117 e. The summed E-state index contributed by atoms with van der Waals surface area (Å²) in [5.74, 6) is 0. The standard InChI is InChI=1S/C7H11BO3/c1-9-3-7-2-5(10-4-7)6(8)11-7/h5-6H,2-4H2,1H3. The van der Waals surface area contributed by atoms with E-state index in [1.807, 2.05) is 0 Å². The summed E-state index contributed by atoms with van der Waals surface area (Å²) >= 11 is 0. The maximum atomic E-state index is 5.63. The molecule has 2 aliphatic heterocycles. The zero-order chi connectivity index (χ0) is 7.90. The summed E-state index contributed by atoms with van der Waals surface area (Å²) in [5, 5.41) is 0. The fourth-order valence-corrected chi connectivity index (χ4v) is 1.80. The van der Waals surface area contributed by atoms with Gasteiger partial charge in [0.25, 0.3) is 0 Å². The van der Waals surface area contributed by atoms with Gasteiger partial charge in [-0.05, 0) is 0 Å². The van der Waals surface area contributed by atoms with Gasteiger partial charge in [-0.1, -0.05) is 0 Å². The van der Waals surface area contributed by atoms with Crippen molar-refractivity contribution in [3.05, 3.63) is 0 Å². The molecule has 4 heteroatoms. The molecule has 0 N–H and O–H groups in total. The van der Waals surface area contributed by atoms with Gasteiger partial charge in [0.15, 0.2) is 0 Å². The Bertz CT molecular complexity index is 160. The number of hydrogen-bond acceptors (Lipinski definition) is 3. The lowest BCUT2D eigenvalue weighted by molar-refractivity contribution is -0.134. The second-order valence-corrected chi connectivity index (χ2v) is 3.25. The molecule has 2 saturated heterocycles. The first kappa shape index (κ1) is 7.59. The summed E-state index contributed by atoms with van der Waals surface area (Å²) in [6, 6.07) is -0.251. The summed E-state index contributed by atoms with van der Waals surface area (Å²) in [7, 11) is 7.29. The zero-order valence-corrected chi connectivity index (χ0v) is 6.58. The van der Waals surface area contributed by atoms with Crippen molar-refractivity contribution in [2.45, 2.75) is 24.1 Å². The topological polar surface area (TPSA) is 27.7 Å². The van der Waals surface area contributed by atoms with E-state index < -0.39 is 0 Å². The van der Waals surface area contributed by atoms with Crippen molar-refractivity contribution in [1.29, 1.82) is 0 Å². The molecule has 60 valence electrons. The molecular formula is C7H11BO3. The first-order valence-electron chi connectivity index (χ1n) is 3.80. The van der Waals surface area contributed by atoms with Crippen molar-refractivity contribution >= 4 is 7.85 Å². The van der Waals surface area contributed by atoms with Gasteiger partial charge in [0.1, 0.15) is 13.4 Å². The lowest BCUT2D eigenvalue weighted by Crippen LogP contribution is -2.40. The van der Waals surface area contributed by atoms with Gasteiger partial charge in [-0.2, -0.15) is 0 Å². The average Bonchev–Trinajstić information content (AvgIpc) is 2.44. The summed E-state index contributed by atoms with van der Waals surface area (Å²) in [4.78, 5) is 0. The third-order valence-corrected chi connectivity index (χ3v) is 2.29. The highest BCUT2D eigenvalue weighted by atomic mass is 16.6. The minimum Gasteiger partial charge on any atom is -0.382 e. The van der Waals surface area contributed by atoms with Crippen LogP contribution in [0.15, 0.2) is 0 Å². The van der Waals surface area contributed by atoms with E-state index >= 15 is 0 Å². The Balaban J connectivity index is 2.05. The minimum absolute atomic E-state index is 0.0881. The van der Waals surface area contributed by atoms with Crippen LogP contribution in [0.4, 0.5) is 0 Å². The van der Waals surface area contributed by atoms with Crippen LogP contribution >= 0.6 is 0 Å². The van der Waals surface area contributed by atoms with E-state index in [1.165, 1.54) is 0 Å². The van der Waals surface area contributed by atoms with Crippen LogP contribution in [0.1, 0.15) is 6.42 Å². The van der Waals surface area contributed by atoms with Gasteiger partial charge in [-0.3, -0.25) is 0 Å². The predicted molar refractivity (Wildman–Crippen MR) is 39.6 cm³/mol. The Labute approximate surface area is 67.4 Å². The van der Waals surface area contributed by atoms with Gasteiger partial charge in [-0.25, -0.2) is 0 Å². The lowest BCUT2D eigenvalue weighted by atomic mass is 9.94. The van der Waals surface area contributed by atoms with Crippen LogP contribution in [0.2, 0.25) is 0 Å². The largest absolute Gasteiger partial charge is 0.382 e. The van der Waals surface area contributed by atoms with Gasteiger partial charge in [0.2, 0.25) is 0 Å². The van der Waals surface area contributed by atoms with Crippen molar-refractivity contribution in [2.75, 3.05) is 20.3 Å². The summed E-state index contributed by atoms with van der Waals surface area (Å²) in [6.07, 6.45) is 0.965. The van der Waals surface area contributed by atoms with Gasteiger partial charge >= 0.3 is 0 Å². The van der Waals surface area contributed by atoms with Crippen LogP contribution in [0.3, 0.4) is 0 Å². The molecule has 2 bridgehead atoms. The third kappa shape index (κ3) is 1.09. The monoisotopic (exact) mass is 154 g/mol. The van der Waals surface area contributed by atoms with Gasteiger partial charge in [0.05, 0.1) is 19.3 Å². The first-order valence-corrected chi connectivity index (χ1v) is 3.80. The Morgan fingerprint density at radius 2 is 2.55 bits per heavy atom. The molecule has 3 nitrogen and oxygen atoms in total. The molecule has 0 aliphatic carbocycles. The van der Waals surface area contributed by atoms with Crippen LogP contribution < -0.4 is 0 Å². The highest BCUT2D eigenvalue weighted by Gasteiger charge is 2.51. The average molecular weight is 154 g/mol. The fourth-order valence-electron chi connectivity index (χ4n) is 1.80. The lowest BCUT2D eigenvalue weighted by Gasteiger charge is -2.28. The molecule has 2 heterocycles. The first-order chi connectivity index (χ1) is 5.26. The van der Waals surface area contributed by atoms with Crippen LogP contribution in [0, 0.1) is 0 Å². The molecule has 0 saturated carbocycles. The van der Waals surface area contributed by atoms with Gasteiger partial charge < -0.3 is 14.2 Å². The van der Waals surface area contributed by atoms with Crippen molar-refractivity contribution in [2.24, 2.45) is 0 Å². The van der Waals surface area contributed by atoms with Crippen molar-refractivity contribution in [3.8, 4) is 0 Å². The molecule has 2 aliphatic rings. The Kier molecular flexibility index (Phi) is 1.70. The number of methoxy groups -OCH3 is 1. The molecule has 0 spiro atoms. The molecule has 0 amide bonds. The van der Waals surface area contributed by atoms with Crippen LogP contribution in [-0.4, -0.2) is 45.9 Å². The van der Waals surface area contributed by atoms with Crippen molar-refractivity contribution < 1.29 is 14.2 Å². The molecule has 0 aromatic rings. The van der Waals surface area contributed by atoms with Crippen LogP contribution in [0.5, 0.6) is 0 Å². The third-order valence-electron chi connectivity index (χ3n) is 2.29. The van der Waals surface area contributed by atoms with E-state index in [-0.39, 0.29) is 17.7 Å². The second kappa shape index (κ2) is 2.47. The Morgan fingerprint density at radius 1 is 1.73 bits per heavy atom. The quantitative estimate of drug-likeness (QED) is 0.510. The molecule has 3 unspecified atom stereocenters. The highest BCUT2D eigenvalue weighted by Crippen LogP contribution is 2.38. The smallest absolute Gasteiger partial charge is 0.117 e. The number of hydrogen-bond donors (Lipinski definition) is 0. The normalized spacial score (nSPS) is 48.5. The maximum absolute atomic E-state index is 5.63. The SMILES string of the molecule is [B]C1OC2(COC)COC1C2. The summed E-state index contributed by atoms with van der Waals surface area (Å²) < 4.78 is 15.9. The van der Waals surface area contributed by atoms with E-state index in [1.54, 1.807) is 7.11 Å². The zero-order valence-electron chi connectivity index (χ0n) is 6.58. The molecule has 11 heavy (non-hydrogen) atoms. The van der Waals surface area contributed by atoms with E-state index in [2.05, 4.69) is 0 Å². The summed E-state index contributed by atoms with van der Waals surface area (Å²) in [6.45, 7) is 1.20. The molecule has 3 atom stereocenters. The van der Waals surface area contributed by atoms with Gasteiger partial charge in [0, 0.05) is 19.5 Å².